The van der Waals surface area contributed by atoms with Crippen LogP contribution in [0.4, 0.5) is 0 Å². The van der Waals surface area contributed by atoms with Crippen LogP contribution in [0.5, 0.6) is 5.75 Å². The van der Waals surface area contributed by atoms with Gasteiger partial charge in [0.25, 0.3) is 0 Å². The van der Waals surface area contributed by atoms with Crippen molar-refractivity contribution >= 4 is 26.8 Å². The van der Waals surface area contributed by atoms with E-state index in [2.05, 4.69) is 72.8 Å². The number of hydrogen-bond donors (Lipinski definition) is 0. The first-order valence-electron chi connectivity index (χ1n) is 9.27. The zero-order valence-corrected chi connectivity index (χ0v) is 17.5. The molecular formula is C25H21GeO2+. The topological polar surface area (TPSA) is 30.6 Å². The summed E-state index contributed by atoms with van der Waals surface area (Å²) in [5.74, 6) is 0.501. The zero-order chi connectivity index (χ0) is 19.2. The molecule has 0 heterocycles. The molecule has 0 fully saturated rings. The van der Waals surface area contributed by atoms with Gasteiger partial charge < -0.3 is 0 Å². The van der Waals surface area contributed by atoms with Crippen molar-refractivity contribution < 1.29 is 8.56 Å². The Hall–Kier alpha value is -3.11. The van der Waals surface area contributed by atoms with Crippen LogP contribution in [-0.2, 0) is 0 Å². The first-order valence-corrected chi connectivity index (χ1v) is 13.3. The van der Waals surface area contributed by atoms with Crippen molar-refractivity contribution in [2.75, 3.05) is 0 Å². The number of hydrogen-bond acceptors (Lipinski definition) is 1. The monoisotopic (exact) mass is 427 g/mol. The molecule has 0 bridgehead atoms. The third-order valence-electron chi connectivity index (χ3n) is 4.78. The van der Waals surface area contributed by atoms with E-state index in [0.29, 0.717) is 5.75 Å². The quantitative estimate of drug-likeness (QED) is 0.357. The van der Waals surface area contributed by atoms with Gasteiger partial charge in [0.15, 0.2) is 0 Å². The average Bonchev–Trinajstić information content (AvgIpc) is 2.98. The van der Waals surface area contributed by atoms with Crippen LogP contribution in [0.3, 0.4) is 0 Å². The second-order valence-corrected chi connectivity index (χ2v) is 13.5. The third-order valence-corrected chi connectivity index (χ3v) is 13.1. The van der Waals surface area contributed by atoms with E-state index < -0.39 is 13.6 Å². The Kier molecular flexibility index (Phi) is 5.40. The Morgan fingerprint density at radius 1 is 0.464 bits per heavy atom. The predicted octanol–water partition coefficient (Wildman–Crippen LogP) is 2.74. The summed E-state index contributed by atoms with van der Waals surface area (Å²) < 4.78 is 10.4. The van der Waals surface area contributed by atoms with Gasteiger partial charge in [0.1, 0.15) is 0 Å². The van der Waals surface area contributed by atoms with Crippen molar-refractivity contribution in [3.05, 3.63) is 127 Å². The molecule has 0 unspecified atom stereocenters. The van der Waals surface area contributed by atoms with E-state index in [1.165, 1.54) is 13.2 Å². The minimum absolute atomic E-state index is 0.141. The van der Waals surface area contributed by atoms with Gasteiger partial charge in [0.2, 0.25) is 0 Å². The summed E-state index contributed by atoms with van der Waals surface area (Å²) in [4.78, 5) is 10.6. The summed E-state index contributed by atoms with van der Waals surface area (Å²) in [7, 11) is 0. The molecule has 0 aliphatic rings. The fourth-order valence-corrected chi connectivity index (χ4v) is 11.5. The van der Waals surface area contributed by atoms with E-state index in [0.717, 1.165) is 0 Å². The fourth-order valence-electron chi connectivity index (χ4n) is 3.47. The Labute approximate surface area is 167 Å². The van der Waals surface area contributed by atoms with Crippen molar-refractivity contribution in [1.29, 1.82) is 0 Å². The molecule has 4 aromatic rings. The van der Waals surface area contributed by atoms with E-state index in [-0.39, 0.29) is 5.43 Å². The Balaban J connectivity index is 2.04. The summed E-state index contributed by atoms with van der Waals surface area (Å²) in [5.41, 5.74) is 0.141. The normalized spacial score (nSPS) is 11.0. The molecule has 0 spiro atoms. The maximum absolute atomic E-state index is 10.6. The summed E-state index contributed by atoms with van der Waals surface area (Å²) in [5, 5.41) is 0. The van der Waals surface area contributed by atoms with E-state index in [9.17, 15) is 4.79 Å². The van der Waals surface area contributed by atoms with Crippen LogP contribution in [0, 0.1) is 0 Å². The molecule has 0 atom stereocenters. The van der Waals surface area contributed by atoms with Crippen molar-refractivity contribution in [3.63, 3.8) is 0 Å². The molecule has 3 heteroatoms. The summed E-state index contributed by atoms with van der Waals surface area (Å²) in [6, 6.07) is 40.3. The molecule has 1 N–H and O–H groups in total. The van der Waals surface area contributed by atoms with Gasteiger partial charge in [0, 0.05) is 0 Å². The van der Waals surface area contributed by atoms with Crippen LogP contribution in [0.15, 0.2) is 121 Å². The van der Waals surface area contributed by atoms with E-state index in [1.54, 1.807) is 6.07 Å². The average molecular weight is 426 g/mol. The van der Waals surface area contributed by atoms with Crippen LogP contribution < -0.4 is 22.4 Å². The van der Waals surface area contributed by atoms with Gasteiger partial charge >= 0.3 is 168 Å². The molecule has 0 aromatic heterocycles. The number of benzene rings is 3. The van der Waals surface area contributed by atoms with E-state index >= 15 is 0 Å². The fraction of sp³-hybridized carbons (Fsp3) is 0. The molecule has 28 heavy (non-hydrogen) atoms. The molecule has 0 aliphatic carbocycles. The molecule has 2 nitrogen and oxygen atoms in total. The molecule has 0 radical (unpaired) electrons. The van der Waals surface area contributed by atoms with Crippen LogP contribution in [0.2, 0.25) is 0 Å². The minimum atomic E-state index is -3.59. The molecule has 0 amide bonds. The van der Waals surface area contributed by atoms with Crippen LogP contribution >= 0.6 is 0 Å². The second kappa shape index (κ2) is 8.28. The van der Waals surface area contributed by atoms with Gasteiger partial charge in [-0.05, 0) is 0 Å². The number of rotatable bonds is 5. The molecule has 0 aliphatic heterocycles. The molecule has 4 rings (SSSR count). The molecule has 4 aromatic carbocycles. The summed E-state index contributed by atoms with van der Waals surface area (Å²) >= 11 is -3.59. The molecule has 136 valence electrons. The van der Waals surface area contributed by atoms with Gasteiger partial charge in [-0.2, -0.15) is 0 Å². The third kappa shape index (κ3) is 3.51. The molecule has 0 saturated heterocycles. The van der Waals surface area contributed by atoms with Gasteiger partial charge in [-0.15, -0.1) is 0 Å². The van der Waals surface area contributed by atoms with Gasteiger partial charge in [-0.3, -0.25) is 0 Å². The first-order chi connectivity index (χ1) is 13.8. The van der Waals surface area contributed by atoms with Crippen LogP contribution in [0.25, 0.3) is 0 Å². The first kappa shape index (κ1) is 18.3. The Bertz CT molecular complexity index is 1000. The molecular weight excluding hydrogens is 405 g/mol. The van der Waals surface area contributed by atoms with Crippen molar-refractivity contribution in [1.82, 2.24) is 0 Å². The molecule has 0 saturated carbocycles. The van der Waals surface area contributed by atoms with Crippen molar-refractivity contribution in [2.24, 2.45) is 0 Å². The Morgan fingerprint density at radius 3 is 1.25 bits per heavy atom. The predicted molar refractivity (Wildman–Crippen MR) is 116 cm³/mol. The summed E-state index contributed by atoms with van der Waals surface area (Å²) in [6.45, 7) is 0. The van der Waals surface area contributed by atoms with Gasteiger partial charge in [-0.25, -0.2) is 0 Å². The summed E-state index contributed by atoms with van der Waals surface area (Å²) in [6.07, 6.45) is 0. The van der Waals surface area contributed by atoms with Gasteiger partial charge in [0.05, 0.1) is 0 Å². The van der Waals surface area contributed by atoms with Crippen molar-refractivity contribution in [2.45, 2.75) is 0 Å². The van der Waals surface area contributed by atoms with E-state index in [4.69, 9.17) is 3.76 Å². The van der Waals surface area contributed by atoms with E-state index in [1.807, 2.05) is 42.5 Å². The second-order valence-electron chi connectivity index (χ2n) is 6.54. The zero-order valence-electron chi connectivity index (χ0n) is 15.4. The Morgan fingerprint density at radius 2 is 0.821 bits per heavy atom. The SMILES string of the molecule is [OH+]=c1cccccc1[O][Ge]([c]1ccccc1)([c]1ccccc1)[c]1ccccc1. The standard InChI is InChI=1S/C25H20GeO2/c27-24-19-11-4-12-20-25(24)28-26(21-13-5-1-6-14-21,22-15-7-2-8-16-22)23-17-9-3-10-18-23/h1-20H/p+1. The van der Waals surface area contributed by atoms with Crippen LogP contribution in [0.1, 0.15) is 0 Å². The maximum atomic E-state index is 10.6. The van der Waals surface area contributed by atoms with Crippen LogP contribution in [-0.4, -0.2) is 18.4 Å². The van der Waals surface area contributed by atoms with Gasteiger partial charge in [-0.1, -0.05) is 0 Å². The van der Waals surface area contributed by atoms with Crippen molar-refractivity contribution in [3.8, 4) is 5.75 Å².